The number of benzene rings is 2. The maximum atomic E-state index is 13.6. The predicted molar refractivity (Wildman–Crippen MR) is 63.3 cm³/mol. The molecule has 21 heavy (non-hydrogen) atoms. The first-order chi connectivity index (χ1) is 9.74. The maximum Gasteiger partial charge on any atom is 0.419 e. The second-order valence-electron chi connectivity index (χ2n) is 4.16. The Balaban J connectivity index is 2.67. The van der Waals surface area contributed by atoms with Gasteiger partial charge in [0, 0.05) is 12.1 Å². The summed E-state index contributed by atoms with van der Waals surface area (Å²) in [5.74, 6) is -4.20. The Morgan fingerprint density at radius 3 is 1.95 bits per heavy atom. The molecule has 0 heterocycles. The number of halogens is 6. The summed E-state index contributed by atoms with van der Waals surface area (Å²) in [6, 6.07) is 3.36. The molecule has 0 atom stereocenters. The van der Waals surface area contributed by atoms with Crippen molar-refractivity contribution in [1.82, 2.24) is 0 Å². The molecule has 0 radical (unpaired) electrons. The van der Waals surface area contributed by atoms with Crippen molar-refractivity contribution < 1.29 is 31.1 Å². The average molecular weight is 306 g/mol. The van der Waals surface area contributed by atoms with Gasteiger partial charge in [0.05, 0.1) is 18.2 Å². The van der Waals surface area contributed by atoms with Crippen molar-refractivity contribution >= 4 is 0 Å². The fourth-order valence-corrected chi connectivity index (χ4v) is 1.90. The first-order valence-corrected chi connectivity index (χ1v) is 5.64. The molecule has 2 rings (SSSR count). The van der Waals surface area contributed by atoms with Gasteiger partial charge in [-0.3, -0.25) is 0 Å². The summed E-state index contributed by atoms with van der Waals surface area (Å²) in [5, 5.41) is 0. The molecule has 112 valence electrons. The molecule has 0 amide bonds. The van der Waals surface area contributed by atoms with Gasteiger partial charge in [-0.05, 0) is 17.7 Å². The fourth-order valence-electron chi connectivity index (χ4n) is 1.90. The molecule has 0 aliphatic rings. The number of hydrogen-bond acceptors (Lipinski definition) is 1. The van der Waals surface area contributed by atoms with Crippen LogP contribution in [0.1, 0.15) is 5.56 Å². The summed E-state index contributed by atoms with van der Waals surface area (Å²) >= 11 is 0. The van der Waals surface area contributed by atoms with Gasteiger partial charge in [-0.1, -0.05) is 6.07 Å². The van der Waals surface area contributed by atoms with Crippen LogP contribution in [0, 0.1) is 17.5 Å². The third-order valence-corrected chi connectivity index (χ3v) is 2.80. The molecular formula is C14H8F6O. The lowest BCUT2D eigenvalue weighted by atomic mass is 10.0. The number of alkyl halides is 3. The van der Waals surface area contributed by atoms with E-state index in [0.29, 0.717) is 18.2 Å². The van der Waals surface area contributed by atoms with Gasteiger partial charge in [-0.25, -0.2) is 13.2 Å². The Morgan fingerprint density at radius 1 is 0.905 bits per heavy atom. The van der Waals surface area contributed by atoms with Crippen molar-refractivity contribution in [3.05, 3.63) is 53.3 Å². The predicted octanol–water partition coefficient (Wildman–Crippen LogP) is 4.80. The molecule has 0 aromatic heterocycles. The van der Waals surface area contributed by atoms with E-state index >= 15 is 0 Å². The van der Waals surface area contributed by atoms with Gasteiger partial charge in [0.1, 0.15) is 23.2 Å². The van der Waals surface area contributed by atoms with E-state index in [0.717, 1.165) is 19.2 Å². The Kier molecular flexibility index (Phi) is 3.85. The maximum absolute atomic E-state index is 13.6. The molecule has 0 saturated heterocycles. The van der Waals surface area contributed by atoms with Crippen LogP contribution in [0.5, 0.6) is 5.75 Å². The van der Waals surface area contributed by atoms with Gasteiger partial charge in [-0.15, -0.1) is 0 Å². The SMILES string of the molecule is COc1ccc(-c2c(F)cc(F)cc2F)cc1C(F)(F)F. The molecule has 0 bridgehead atoms. The highest BCUT2D eigenvalue weighted by Crippen LogP contribution is 2.39. The third-order valence-electron chi connectivity index (χ3n) is 2.80. The first kappa shape index (κ1) is 15.2. The van der Waals surface area contributed by atoms with Gasteiger partial charge in [0.25, 0.3) is 0 Å². The van der Waals surface area contributed by atoms with E-state index in [4.69, 9.17) is 0 Å². The summed E-state index contributed by atoms with van der Waals surface area (Å²) in [6.45, 7) is 0. The van der Waals surface area contributed by atoms with Crippen LogP contribution < -0.4 is 4.74 Å². The van der Waals surface area contributed by atoms with Crippen molar-refractivity contribution in [1.29, 1.82) is 0 Å². The van der Waals surface area contributed by atoms with Gasteiger partial charge in [-0.2, -0.15) is 13.2 Å². The normalized spacial score (nSPS) is 11.6. The van der Waals surface area contributed by atoms with Crippen LogP contribution in [0.2, 0.25) is 0 Å². The second-order valence-corrected chi connectivity index (χ2v) is 4.16. The number of hydrogen-bond donors (Lipinski definition) is 0. The highest BCUT2D eigenvalue weighted by Gasteiger charge is 2.35. The highest BCUT2D eigenvalue weighted by molar-refractivity contribution is 5.67. The molecule has 2 aromatic carbocycles. The van der Waals surface area contributed by atoms with E-state index in [1.54, 1.807) is 0 Å². The lowest BCUT2D eigenvalue weighted by Crippen LogP contribution is -2.08. The second kappa shape index (κ2) is 5.31. The van der Waals surface area contributed by atoms with E-state index in [1.807, 2.05) is 0 Å². The van der Waals surface area contributed by atoms with Gasteiger partial charge < -0.3 is 4.74 Å². The fraction of sp³-hybridized carbons (Fsp3) is 0.143. The number of methoxy groups -OCH3 is 1. The van der Waals surface area contributed by atoms with Crippen molar-refractivity contribution in [3.8, 4) is 16.9 Å². The van der Waals surface area contributed by atoms with Crippen LogP contribution in [0.15, 0.2) is 30.3 Å². The van der Waals surface area contributed by atoms with Crippen LogP contribution in [-0.4, -0.2) is 7.11 Å². The van der Waals surface area contributed by atoms with Crippen LogP contribution in [-0.2, 0) is 6.18 Å². The molecule has 0 unspecified atom stereocenters. The lowest BCUT2D eigenvalue weighted by molar-refractivity contribution is -0.138. The van der Waals surface area contributed by atoms with Crippen molar-refractivity contribution in [2.24, 2.45) is 0 Å². The van der Waals surface area contributed by atoms with E-state index in [9.17, 15) is 26.3 Å². The molecule has 0 fully saturated rings. The zero-order valence-electron chi connectivity index (χ0n) is 10.6. The minimum Gasteiger partial charge on any atom is -0.496 e. The highest BCUT2D eigenvalue weighted by atomic mass is 19.4. The molecule has 1 nitrogen and oxygen atoms in total. The Bertz CT molecular complexity index is 655. The standard InChI is InChI=1S/C14H8F6O/c1-21-12-3-2-7(4-9(12)14(18,19)20)13-10(16)5-8(15)6-11(13)17/h2-6H,1H3. The molecule has 0 N–H and O–H groups in total. The van der Waals surface area contributed by atoms with E-state index < -0.39 is 40.5 Å². The zero-order chi connectivity index (χ0) is 15.8. The molecule has 0 aliphatic carbocycles. The van der Waals surface area contributed by atoms with E-state index in [1.165, 1.54) is 0 Å². The Hall–Kier alpha value is -2.18. The monoisotopic (exact) mass is 306 g/mol. The van der Waals surface area contributed by atoms with Gasteiger partial charge in [0.2, 0.25) is 0 Å². The van der Waals surface area contributed by atoms with Crippen molar-refractivity contribution in [2.75, 3.05) is 7.11 Å². The zero-order valence-corrected chi connectivity index (χ0v) is 10.6. The van der Waals surface area contributed by atoms with Crippen LogP contribution >= 0.6 is 0 Å². The third kappa shape index (κ3) is 2.96. The summed E-state index contributed by atoms with van der Waals surface area (Å²) in [4.78, 5) is 0. The summed E-state index contributed by atoms with van der Waals surface area (Å²) in [5.41, 5.74) is -2.27. The van der Waals surface area contributed by atoms with Crippen molar-refractivity contribution in [2.45, 2.75) is 6.18 Å². The van der Waals surface area contributed by atoms with Crippen LogP contribution in [0.3, 0.4) is 0 Å². The lowest BCUT2D eigenvalue weighted by Gasteiger charge is -2.14. The minimum atomic E-state index is -4.76. The molecule has 0 saturated carbocycles. The summed E-state index contributed by atoms with van der Waals surface area (Å²) < 4.78 is 83.2. The Morgan fingerprint density at radius 2 is 1.48 bits per heavy atom. The van der Waals surface area contributed by atoms with Gasteiger partial charge in [0.15, 0.2) is 0 Å². The molecule has 0 aliphatic heterocycles. The number of ether oxygens (including phenoxy) is 1. The summed E-state index contributed by atoms with van der Waals surface area (Å²) in [6.07, 6.45) is -4.76. The summed E-state index contributed by atoms with van der Waals surface area (Å²) in [7, 11) is 1.04. The van der Waals surface area contributed by atoms with Gasteiger partial charge >= 0.3 is 6.18 Å². The van der Waals surface area contributed by atoms with Crippen LogP contribution in [0.4, 0.5) is 26.3 Å². The Labute approximate surface area is 115 Å². The minimum absolute atomic E-state index is 0.363. The average Bonchev–Trinajstić information content (AvgIpc) is 2.36. The topological polar surface area (TPSA) is 9.23 Å². The smallest absolute Gasteiger partial charge is 0.419 e. The first-order valence-electron chi connectivity index (χ1n) is 5.64. The van der Waals surface area contributed by atoms with Crippen LogP contribution in [0.25, 0.3) is 11.1 Å². The van der Waals surface area contributed by atoms with E-state index in [2.05, 4.69) is 4.74 Å². The molecule has 0 spiro atoms. The molecule has 2 aromatic rings. The largest absolute Gasteiger partial charge is 0.496 e. The van der Waals surface area contributed by atoms with E-state index in [-0.39, 0.29) is 5.56 Å². The van der Waals surface area contributed by atoms with Crippen molar-refractivity contribution in [3.63, 3.8) is 0 Å². The number of rotatable bonds is 2. The molecular weight excluding hydrogens is 298 g/mol. The molecule has 7 heteroatoms. The quantitative estimate of drug-likeness (QED) is 0.724.